The Labute approximate surface area is 345 Å². The SMILES string of the molecule is CCOC(=C1C2CC3CC(C2)CC1C3)c1cc(O)cc(OCN)c1.CCOC(=C1C2CC3CC(C2)CC1C3)c1cc(OC)cc(OCN)c1.CC[S-].[Na+]. The third-order valence-corrected chi connectivity index (χ3v) is 12.2. The first-order chi connectivity index (χ1) is 25.3. The standard InChI is InChI=1S/C21H29NO3.C20H27NO3.C2H6S.Na/c1-3-24-21(17-9-18(23-2)11-19(10-17)25-12-22)20-15-5-13-4-14(7-15)8-16(20)6-13;1-2-23-20(16-8-17(22)10-18(9-16)24-11-21)19-14-4-12-3-13(6-14)7-15(19)5-12;1-2-3;/h9-11,13-16H,3-8,12,22H2,1-2H3;8-10,12-15,22H,2-7,11,21H2,1H3;3H,2H2,1H3;/q;;;+1/p-1. The van der Waals surface area contributed by atoms with Crippen molar-refractivity contribution in [3.63, 3.8) is 0 Å². The molecule has 2 aromatic rings. The summed E-state index contributed by atoms with van der Waals surface area (Å²) in [6.07, 6.45) is 13.5. The third-order valence-electron chi connectivity index (χ3n) is 12.2. The van der Waals surface area contributed by atoms with Crippen LogP contribution in [-0.4, -0.2) is 44.6 Å². The topological polar surface area (TPSA) is 118 Å². The van der Waals surface area contributed by atoms with Crippen LogP contribution >= 0.6 is 0 Å². The summed E-state index contributed by atoms with van der Waals surface area (Å²) in [5.41, 5.74) is 16.1. The number of allylic oxidation sites excluding steroid dienone is 2. The average Bonchev–Trinajstić information content (AvgIpc) is 3.10. The zero-order chi connectivity index (χ0) is 36.8. The monoisotopic (exact) mass is 756 g/mol. The van der Waals surface area contributed by atoms with E-state index in [1.165, 1.54) is 69.8 Å². The van der Waals surface area contributed by atoms with Gasteiger partial charge in [0.05, 0.1) is 20.3 Å². The van der Waals surface area contributed by atoms with E-state index in [0.29, 0.717) is 42.6 Å². The zero-order valence-corrected chi connectivity index (χ0v) is 35.6. The van der Waals surface area contributed by atoms with Crippen molar-refractivity contribution >= 4 is 24.1 Å². The maximum absolute atomic E-state index is 10.1. The van der Waals surface area contributed by atoms with Crippen LogP contribution in [0, 0.1) is 47.3 Å². The molecule has 53 heavy (non-hydrogen) atoms. The van der Waals surface area contributed by atoms with Crippen molar-refractivity contribution in [3.05, 3.63) is 58.7 Å². The van der Waals surface area contributed by atoms with Gasteiger partial charge in [0.15, 0.2) is 0 Å². The Morgan fingerprint density at radius 3 is 1.32 bits per heavy atom. The summed E-state index contributed by atoms with van der Waals surface area (Å²) in [5, 5.41) is 10.1. The van der Waals surface area contributed by atoms with E-state index in [-0.39, 0.29) is 48.8 Å². The Hall–Kier alpha value is -2.01. The molecule has 0 aromatic heterocycles. The van der Waals surface area contributed by atoms with Crippen molar-refractivity contribution in [2.45, 2.75) is 85.0 Å². The molecule has 0 saturated heterocycles. The van der Waals surface area contributed by atoms with Gasteiger partial charge < -0.3 is 41.4 Å². The fourth-order valence-electron chi connectivity index (χ4n) is 11.0. The van der Waals surface area contributed by atoms with Gasteiger partial charge in [0.25, 0.3) is 0 Å². The molecule has 286 valence electrons. The van der Waals surface area contributed by atoms with Crippen LogP contribution in [0.4, 0.5) is 0 Å². The van der Waals surface area contributed by atoms with Gasteiger partial charge in [-0.05, 0) is 161 Å². The van der Waals surface area contributed by atoms with Crippen LogP contribution in [0.1, 0.15) is 96.1 Å². The average molecular weight is 757 g/mol. The number of phenolic OH excluding ortho intramolecular Hbond substituents is 1. The Morgan fingerprint density at radius 2 is 0.962 bits per heavy atom. The number of hydrogen-bond donors (Lipinski definition) is 3. The van der Waals surface area contributed by atoms with Crippen molar-refractivity contribution in [3.8, 4) is 23.0 Å². The van der Waals surface area contributed by atoms with Crippen LogP contribution in [0.25, 0.3) is 11.5 Å². The number of ether oxygens (including phenoxy) is 5. The molecule has 10 heteroatoms. The van der Waals surface area contributed by atoms with Crippen LogP contribution in [0.2, 0.25) is 0 Å². The summed E-state index contributed by atoms with van der Waals surface area (Å²) in [6.45, 7) is 7.59. The minimum absolute atomic E-state index is 0. The molecule has 0 radical (unpaired) electrons. The van der Waals surface area contributed by atoms with E-state index in [2.05, 4.69) is 25.6 Å². The second kappa shape index (κ2) is 19.7. The molecule has 0 spiro atoms. The Balaban J connectivity index is 0.000000187. The third kappa shape index (κ3) is 9.87. The van der Waals surface area contributed by atoms with E-state index in [9.17, 15) is 5.11 Å². The van der Waals surface area contributed by atoms with E-state index in [1.54, 1.807) is 24.8 Å². The van der Waals surface area contributed by atoms with Crippen LogP contribution in [0.15, 0.2) is 47.5 Å². The number of hydrogen-bond acceptors (Lipinski definition) is 9. The van der Waals surface area contributed by atoms with Crippen LogP contribution in [0.5, 0.6) is 23.0 Å². The van der Waals surface area contributed by atoms with Crippen LogP contribution in [-0.2, 0) is 22.1 Å². The molecule has 0 aliphatic heterocycles. The van der Waals surface area contributed by atoms with E-state index in [1.807, 2.05) is 32.0 Å². The summed E-state index contributed by atoms with van der Waals surface area (Å²) < 4.78 is 28.8. The number of benzene rings is 2. The molecule has 0 amide bonds. The number of rotatable bonds is 11. The largest absolute Gasteiger partial charge is 1.00 e. The van der Waals surface area contributed by atoms with Crippen molar-refractivity contribution in [1.82, 2.24) is 0 Å². The molecular weight excluding hydrogens is 696 g/mol. The van der Waals surface area contributed by atoms with Crippen molar-refractivity contribution < 1.29 is 58.3 Å². The van der Waals surface area contributed by atoms with E-state index in [4.69, 9.17) is 35.2 Å². The molecule has 8 aliphatic rings. The Morgan fingerprint density at radius 1 is 0.604 bits per heavy atom. The first-order valence-electron chi connectivity index (χ1n) is 19.8. The summed E-state index contributed by atoms with van der Waals surface area (Å²) in [5.74, 6) is 11.6. The molecule has 10 rings (SSSR count). The Bertz CT molecular complexity index is 1520. The van der Waals surface area contributed by atoms with Gasteiger partial charge in [-0.15, -0.1) is 0 Å². The van der Waals surface area contributed by atoms with Crippen LogP contribution < -0.4 is 55.2 Å². The molecular formula is C43H61N2NaO6S. The van der Waals surface area contributed by atoms with Gasteiger partial charge in [-0.3, -0.25) is 11.5 Å². The Kier molecular flexibility index (Phi) is 15.7. The normalized spacial score (nSPS) is 28.1. The molecule has 8 fully saturated rings. The van der Waals surface area contributed by atoms with E-state index < -0.39 is 0 Å². The van der Waals surface area contributed by atoms with Gasteiger partial charge in [0, 0.05) is 23.3 Å². The van der Waals surface area contributed by atoms with Gasteiger partial charge in [-0.2, -0.15) is 5.75 Å². The van der Waals surface area contributed by atoms with Crippen molar-refractivity contribution in [2.75, 3.05) is 39.5 Å². The fourth-order valence-corrected chi connectivity index (χ4v) is 11.0. The molecule has 8 aliphatic carbocycles. The number of methoxy groups -OCH3 is 1. The molecule has 8 nitrogen and oxygen atoms in total. The predicted molar refractivity (Wildman–Crippen MR) is 210 cm³/mol. The van der Waals surface area contributed by atoms with Gasteiger partial charge >= 0.3 is 29.6 Å². The van der Waals surface area contributed by atoms with Gasteiger partial charge in [-0.25, -0.2) is 0 Å². The second-order valence-electron chi connectivity index (χ2n) is 15.6. The molecule has 0 heterocycles. The van der Waals surface area contributed by atoms with Crippen molar-refractivity contribution in [2.24, 2.45) is 58.8 Å². The molecule has 0 unspecified atom stereocenters. The first-order valence-corrected chi connectivity index (χ1v) is 20.4. The fraction of sp³-hybridized carbons (Fsp3) is 0.628. The minimum Gasteiger partial charge on any atom is -0.793 e. The molecule has 8 saturated carbocycles. The summed E-state index contributed by atoms with van der Waals surface area (Å²) in [4.78, 5) is 0. The van der Waals surface area contributed by atoms with E-state index in [0.717, 1.165) is 63.6 Å². The van der Waals surface area contributed by atoms with Crippen molar-refractivity contribution in [1.29, 1.82) is 0 Å². The maximum atomic E-state index is 10.1. The molecule has 5 N–H and O–H groups in total. The second-order valence-corrected chi connectivity index (χ2v) is 16.1. The van der Waals surface area contributed by atoms with Gasteiger partial charge in [-0.1, -0.05) is 6.92 Å². The summed E-state index contributed by atoms with van der Waals surface area (Å²) >= 11 is 4.39. The first kappa shape index (κ1) is 42.1. The number of nitrogens with two attached hydrogens (primary N) is 2. The maximum Gasteiger partial charge on any atom is 1.00 e. The summed E-state index contributed by atoms with van der Waals surface area (Å²) in [6, 6.07) is 11.3. The van der Waals surface area contributed by atoms with E-state index >= 15 is 0 Å². The number of phenols is 1. The summed E-state index contributed by atoms with van der Waals surface area (Å²) in [7, 11) is 1.68. The predicted octanol–water partition coefficient (Wildman–Crippen LogP) is 5.64. The van der Waals surface area contributed by atoms with Gasteiger partial charge in [0.2, 0.25) is 0 Å². The molecule has 2 aromatic carbocycles. The number of aromatic hydroxyl groups is 1. The van der Waals surface area contributed by atoms with Crippen LogP contribution in [0.3, 0.4) is 0 Å². The smallest absolute Gasteiger partial charge is 0.793 e. The van der Waals surface area contributed by atoms with Gasteiger partial charge in [0.1, 0.15) is 48.0 Å². The minimum atomic E-state index is 0. The quantitative estimate of drug-likeness (QED) is 0.116. The zero-order valence-electron chi connectivity index (χ0n) is 32.7. The molecule has 0 atom stereocenters. The molecule has 8 bridgehead atoms.